The Bertz CT molecular complexity index is 1600. The Hall–Kier alpha value is -5.08. The summed E-state index contributed by atoms with van der Waals surface area (Å²) in [6, 6.07) is 17.0. The Morgan fingerprint density at radius 3 is 2.64 bits per heavy atom. The zero-order valence-electron chi connectivity index (χ0n) is 23.2. The normalized spacial score (nSPS) is 15.5. The molecule has 3 heterocycles. The van der Waals surface area contributed by atoms with Crippen LogP contribution in [-0.2, 0) is 6.54 Å². The third kappa shape index (κ3) is 6.62. The zero-order valence-corrected chi connectivity index (χ0v) is 23.2. The maximum absolute atomic E-state index is 13.3. The number of rotatable bonds is 8. The van der Waals surface area contributed by atoms with Gasteiger partial charge < -0.3 is 27.0 Å². The molecule has 42 heavy (non-hydrogen) atoms. The molecule has 0 bridgehead atoms. The molecular formula is C31H32FN9O. The first-order valence-electron chi connectivity index (χ1n) is 13.7. The average Bonchev–Trinajstić information content (AvgIpc) is 3.00. The average molecular weight is 566 g/mol. The first-order chi connectivity index (χ1) is 20.3. The van der Waals surface area contributed by atoms with Crippen molar-refractivity contribution in [2.45, 2.75) is 38.4 Å². The molecule has 1 aliphatic heterocycles. The lowest BCUT2D eigenvalue weighted by atomic mass is 10.1. The van der Waals surface area contributed by atoms with E-state index in [9.17, 15) is 14.4 Å². The smallest absolute Gasteiger partial charge is 0.255 e. The van der Waals surface area contributed by atoms with Crippen LogP contribution in [0.2, 0.25) is 0 Å². The number of pyridine rings is 1. The molecule has 5 rings (SSSR count). The van der Waals surface area contributed by atoms with Crippen LogP contribution in [0.5, 0.6) is 0 Å². The minimum Gasteiger partial charge on any atom is -0.381 e. The van der Waals surface area contributed by atoms with Gasteiger partial charge in [-0.2, -0.15) is 5.26 Å². The summed E-state index contributed by atoms with van der Waals surface area (Å²) in [5, 5.41) is 15.5. The van der Waals surface area contributed by atoms with Crippen LogP contribution >= 0.6 is 0 Å². The van der Waals surface area contributed by atoms with Crippen LogP contribution in [0.4, 0.5) is 21.8 Å². The van der Waals surface area contributed by atoms with Crippen molar-refractivity contribution >= 4 is 23.4 Å². The second kappa shape index (κ2) is 12.6. The molecule has 1 unspecified atom stereocenters. The molecule has 0 radical (unpaired) electrons. The predicted octanol–water partition coefficient (Wildman–Crippen LogP) is 4.16. The van der Waals surface area contributed by atoms with Gasteiger partial charge in [-0.05, 0) is 49.1 Å². The molecule has 2 aromatic heterocycles. The maximum atomic E-state index is 13.3. The van der Waals surface area contributed by atoms with E-state index < -0.39 is 5.91 Å². The Kier molecular flexibility index (Phi) is 8.55. The van der Waals surface area contributed by atoms with Crippen LogP contribution < -0.4 is 27.0 Å². The number of nitrogen functional groups attached to an aromatic ring is 1. The number of nitrogens with two attached hydrogens (primary N) is 2. The van der Waals surface area contributed by atoms with Gasteiger partial charge in [0.15, 0.2) is 11.6 Å². The highest BCUT2D eigenvalue weighted by molar-refractivity contribution is 5.99. The quantitative estimate of drug-likeness (QED) is 0.246. The number of hydrogen-bond acceptors (Lipinski definition) is 9. The van der Waals surface area contributed by atoms with Crippen molar-refractivity contribution in [2.75, 3.05) is 29.0 Å². The second-order valence-corrected chi connectivity index (χ2v) is 10.3. The van der Waals surface area contributed by atoms with E-state index in [2.05, 4.69) is 25.5 Å². The minimum atomic E-state index is -0.401. The molecule has 4 aromatic rings. The number of piperidine rings is 1. The van der Waals surface area contributed by atoms with Gasteiger partial charge in [0.05, 0.1) is 29.1 Å². The highest BCUT2D eigenvalue weighted by Gasteiger charge is 2.21. The van der Waals surface area contributed by atoms with E-state index in [1.165, 1.54) is 24.4 Å². The lowest BCUT2D eigenvalue weighted by Crippen LogP contribution is -2.43. The predicted molar refractivity (Wildman–Crippen MR) is 160 cm³/mol. The lowest BCUT2D eigenvalue weighted by molar-refractivity contribution is 0.0940. The van der Waals surface area contributed by atoms with E-state index in [0.29, 0.717) is 36.2 Å². The molecule has 214 valence electrons. The van der Waals surface area contributed by atoms with Gasteiger partial charge in [-0.25, -0.2) is 19.3 Å². The van der Waals surface area contributed by atoms with Gasteiger partial charge in [-0.1, -0.05) is 36.4 Å². The van der Waals surface area contributed by atoms with Gasteiger partial charge >= 0.3 is 0 Å². The minimum absolute atomic E-state index is 0.0887. The number of carbonyl (C=O) groups excluding carboxylic acids is 1. The number of nitriles is 1. The van der Waals surface area contributed by atoms with E-state index >= 15 is 0 Å². The molecule has 11 heteroatoms. The standard InChI is InChI=1S/C31H32FN9O/c1-19(22-8-10-24(32)11-9-22)39-31(42)26-13-21(14-33)16-38-29(26)37-15-20-4-6-23(7-5-20)27-17-36-28(35)30(40-27)41-12-2-3-25(34)18-41/h4-11,13,16-17,19,25H,2-3,12,15,18,34H2,1H3,(H2,35,36)(H,37,38)(H,39,42)/t19-,25?/m0/s1. The summed E-state index contributed by atoms with van der Waals surface area (Å²) < 4.78 is 13.3. The highest BCUT2D eigenvalue weighted by Crippen LogP contribution is 2.27. The molecule has 0 saturated carbocycles. The number of hydrogen-bond donors (Lipinski definition) is 4. The van der Waals surface area contributed by atoms with Crippen LogP contribution in [0.15, 0.2) is 67.0 Å². The van der Waals surface area contributed by atoms with Crippen LogP contribution in [0.1, 0.15) is 52.9 Å². The van der Waals surface area contributed by atoms with Gasteiger partial charge in [0, 0.05) is 37.4 Å². The Labute approximate surface area is 243 Å². The fraction of sp³-hybridized carbons (Fsp3) is 0.258. The summed E-state index contributed by atoms with van der Waals surface area (Å²) in [5.41, 5.74) is 16.1. The van der Waals surface area contributed by atoms with Crippen molar-refractivity contribution < 1.29 is 9.18 Å². The summed E-state index contributed by atoms with van der Waals surface area (Å²) in [4.78, 5) is 28.8. The summed E-state index contributed by atoms with van der Waals surface area (Å²) in [6.07, 6.45) is 5.05. The van der Waals surface area contributed by atoms with Crippen molar-refractivity contribution in [1.29, 1.82) is 5.26 Å². The van der Waals surface area contributed by atoms with Crippen molar-refractivity contribution in [3.63, 3.8) is 0 Å². The van der Waals surface area contributed by atoms with E-state index in [1.807, 2.05) is 30.3 Å². The first-order valence-corrected chi connectivity index (χ1v) is 13.7. The van der Waals surface area contributed by atoms with E-state index in [4.69, 9.17) is 16.5 Å². The van der Waals surface area contributed by atoms with Gasteiger partial charge in [-0.3, -0.25) is 4.79 Å². The van der Waals surface area contributed by atoms with Crippen LogP contribution in [0, 0.1) is 17.1 Å². The molecule has 10 nitrogen and oxygen atoms in total. The molecule has 1 amide bonds. The van der Waals surface area contributed by atoms with Crippen molar-refractivity contribution in [1.82, 2.24) is 20.3 Å². The van der Waals surface area contributed by atoms with Crippen molar-refractivity contribution in [3.05, 3.63) is 95.1 Å². The highest BCUT2D eigenvalue weighted by atomic mass is 19.1. The van der Waals surface area contributed by atoms with Crippen LogP contribution in [0.3, 0.4) is 0 Å². The Balaban J connectivity index is 1.28. The fourth-order valence-electron chi connectivity index (χ4n) is 4.89. The number of halogens is 1. The number of carbonyl (C=O) groups is 1. The molecule has 0 aliphatic carbocycles. The van der Waals surface area contributed by atoms with Crippen molar-refractivity contribution in [2.24, 2.45) is 5.73 Å². The molecule has 1 saturated heterocycles. The summed E-state index contributed by atoms with van der Waals surface area (Å²) in [5.74, 6) is 0.629. The molecule has 1 aliphatic rings. The Morgan fingerprint density at radius 1 is 1.17 bits per heavy atom. The van der Waals surface area contributed by atoms with Gasteiger partial charge in [0.25, 0.3) is 5.91 Å². The van der Waals surface area contributed by atoms with Crippen molar-refractivity contribution in [3.8, 4) is 17.3 Å². The molecule has 0 spiro atoms. The third-order valence-electron chi connectivity index (χ3n) is 7.23. The molecular weight excluding hydrogens is 533 g/mol. The van der Waals surface area contributed by atoms with Crippen LogP contribution in [0.25, 0.3) is 11.3 Å². The number of aromatic nitrogens is 3. The molecule has 2 atom stereocenters. The Morgan fingerprint density at radius 2 is 1.93 bits per heavy atom. The number of benzene rings is 2. The summed E-state index contributed by atoms with van der Waals surface area (Å²) in [7, 11) is 0. The van der Waals surface area contributed by atoms with Gasteiger partial charge in [0.1, 0.15) is 17.7 Å². The van der Waals surface area contributed by atoms with Gasteiger partial charge in [0.2, 0.25) is 0 Å². The molecule has 2 aromatic carbocycles. The lowest BCUT2D eigenvalue weighted by Gasteiger charge is -2.32. The topological polar surface area (TPSA) is 159 Å². The monoisotopic (exact) mass is 565 g/mol. The SMILES string of the molecule is C[C@H](NC(=O)c1cc(C#N)cnc1NCc1ccc(-c2cnc(N)c(N3CCCC(N)C3)n2)cc1)c1ccc(F)cc1. The number of amides is 1. The van der Waals surface area contributed by atoms with Crippen LogP contribution in [-0.4, -0.2) is 40.0 Å². The molecule has 6 N–H and O–H groups in total. The number of anilines is 3. The summed E-state index contributed by atoms with van der Waals surface area (Å²) >= 11 is 0. The fourth-order valence-corrected chi connectivity index (χ4v) is 4.89. The second-order valence-electron chi connectivity index (χ2n) is 10.3. The maximum Gasteiger partial charge on any atom is 0.255 e. The van der Waals surface area contributed by atoms with Gasteiger partial charge in [-0.15, -0.1) is 0 Å². The zero-order chi connectivity index (χ0) is 29.6. The molecule has 1 fully saturated rings. The largest absolute Gasteiger partial charge is 0.381 e. The van der Waals surface area contributed by atoms with E-state index in [1.54, 1.807) is 25.3 Å². The summed E-state index contributed by atoms with van der Waals surface area (Å²) in [6.45, 7) is 3.73. The van der Waals surface area contributed by atoms with E-state index in [0.717, 1.165) is 36.1 Å². The number of nitrogens with zero attached hydrogens (tertiary/aromatic N) is 5. The number of nitrogens with one attached hydrogen (secondary N) is 2. The third-order valence-corrected chi connectivity index (χ3v) is 7.23. The van der Waals surface area contributed by atoms with E-state index in [-0.39, 0.29) is 29.0 Å². The first kappa shape index (κ1) is 28.4.